The number of aryl methyl sites for hydroxylation is 1. The number of aromatic nitrogens is 2. The lowest BCUT2D eigenvalue weighted by atomic mass is 10.2. The van der Waals surface area contributed by atoms with Crippen molar-refractivity contribution in [2.24, 2.45) is 0 Å². The van der Waals surface area contributed by atoms with E-state index in [1.807, 2.05) is 43.8 Å². The molecule has 0 spiro atoms. The molecular weight excluding hydrogens is 286 g/mol. The van der Waals surface area contributed by atoms with Crippen LogP contribution < -0.4 is 0 Å². The highest BCUT2D eigenvalue weighted by atomic mass is 35.5. The molecule has 0 aliphatic heterocycles. The summed E-state index contributed by atoms with van der Waals surface area (Å²) in [5.41, 5.74) is 3.13. The van der Waals surface area contributed by atoms with Crippen molar-refractivity contribution in [3.8, 4) is 0 Å². The molecule has 0 fully saturated rings. The monoisotopic (exact) mass is 307 g/mol. The first-order valence-electron chi connectivity index (χ1n) is 7.09. The molecule has 4 nitrogen and oxygen atoms in total. The fraction of sp³-hybridized carbons (Fsp3) is 0.438. The van der Waals surface area contributed by atoms with Crippen LogP contribution in [0.25, 0.3) is 0 Å². The summed E-state index contributed by atoms with van der Waals surface area (Å²) in [4.78, 5) is 2.07. The van der Waals surface area contributed by atoms with Crippen molar-refractivity contribution >= 4 is 11.6 Å². The van der Waals surface area contributed by atoms with Gasteiger partial charge in [-0.25, -0.2) is 4.68 Å². The van der Waals surface area contributed by atoms with E-state index in [9.17, 15) is 5.11 Å². The summed E-state index contributed by atoms with van der Waals surface area (Å²) in [5, 5.41) is 14.4. The number of nitrogens with zero attached hydrogens (tertiary/aromatic N) is 3. The summed E-state index contributed by atoms with van der Waals surface area (Å²) in [6.45, 7) is 5.43. The van der Waals surface area contributed by atoms with Crippen molar-refractivity contribution < 1.29 is 5.11 Å². The zero-order chi connectivity index (χ0) is 15.4. The Morgan fingerprint density at radius 3 is 2.62 bits per heavy atom. The zero-order valence-corrected chi connectivity index (χ0v) is 13.5. The largest absolute Gasteiger partial charge is 0.395 e. The first kappa shape index (κ1) is 16.0. The van der Waals surface area contributed by atoms with Gasteiger partial charge in [-0.05, 0) is 26.5 Å². The van der Waals surface area contributed by atoms with E-state index in [-0.39, 0.29) is 12.6 Å². The van der Waals surface area contributed by atoms with Gasteiger partial charge >= 0.3 is 0 Å². The second kappa shape index (κ2) is 7.07. The van der Waals surface area contributed by atoms with Gasteiger partial charge in [-0.2, -0.15) is 5.10 Å². The standard InChI is InChI=1S/C16H22ClN3O/c1-12(11-21)19(3)10-15-13(2)18-20(16(15)17)9-14-7-5-4-6-8-14/h4-8,12,21H,9-11H2,1-3H3. The molecule has 1 heterocycles. The van der Waals surface area contributed by atoms with E-state index in [4.69, 9.17) is 11.6 Å². The molecule has 0 saturated carbocycles. The molecule has 1 atom stereocenters. The van der Waals surface area contributed by atoms with Gasteiger partial charge in [0, 0.05) is 18.2 Å². The third-order valence-corrected chi connectivity index (χ3v) is 4.21. The van der Waals surface area contributed by atoms with Crippen LogP contribution in [0.15, 0.2) is 30.3 Å². The van der Waals surface area contributed by atoms with E-state index < -0.39 is 0 Å². The van der Waals surface area contributed by atoms with E-state index in [2.05, 4.69) is 22.1 Å². The minimum absolute atomic E-state index is 0.0953. The summed E-state index contributed by atoms with van der Waals surface area (Å²) in [7, 11) is 1.98. The second-order valence-corrected chi connectivity index (χ2v) is 5.80. The number of aliphatic hydroxyl groups excluding tert-OH is 1. The number of hydrogen-bond acceptors (Lipinski definition) is 3. The molecule has 2 aromatic rings. The van der Waals surface area contributed by atoms with Gasteiger partial charge in [0.1, 0.15) is 5.15 Å². The van der Waals surface area contributed by atoms with Crippen LogP contribution in [0.1, 0.15) is 23.7 Å². The molecule has 1 unspecified atom stereocenters. The lowest BCUT2D eigenvalue weighted by Gasteiger charge is -2.22. The smallest absolute Gasteiger partial charge is 0.132 e. The van der Waals surface area contributed by atoms with Crippen LogP contribution in [0.4, 0.5) is 0 Å². The fourth-order valence-corrected chi connectivity index (χ4v) is 2.47. The van der Waals surface area contributed by atoms with Crippen LogP contribution in [0.3, 0.4) is 0 Å². The molecule has 0 aliphatic rings. The fourth-order valence-electron chi connectivity index (χ4n) is 2.18. The molecule has 114 valence electrons. The molecule has 5 heteroatoms. The Kier molecular flexibility index (Phi) is 5.39. The topological polar surface area (TPSA) is 41.3 Å². The first-order valence-corrected chi connectivity index (χ1v) is 7.47. The molecule has 0 aliphatic carbocycles. The number of rotatable bonds is 6. The number of hydrogen-bond donors (Lipinski definition) is 1. The average Bonchev–Trinajstić information content (AvgIpc) is 2.75. The Bertz CT molecular complexity index is 583. The Morgan fingerprint density at radius 1 is 1.33 bits per heavy atom. The molecule has 21 heavy (non-hydrogen) atoms. The maximum absolute atomic E-state index is 9.23. The van der Waals surface area contributed by atoms with Gasteiger partial charge in [0.25, 0.3) is 0 Å². The second-order valence-electron chi connectivity index (χ2n) is 5.44. The SMILES string of the molecule is Cc1nn(Cc2ccccc2)c(Cl)c1CN(C)C(C)CO. The Hall–Kier alpha value is -1.36. The van der Waals surface area contributed by atoms with Crippen molar-refractivity contribution in [2.75, 3.05) is 13.7 Å². The third kappa shape index (κ3) is 3.84. The van der Waals surface area contributed by atoms with Crippen molar-refractivity contribution in [3.05, 3.63) is 52.3 Å². The average molecular weight is 308 g/mol. The van der Waals surface area contributed by atoms with Crippen LogP contribution in [-0.2, 0) is 13.1 Å². The van der Waals surface area contributed by atoms with Crippen molar-refractivity contribution in [1.29, 1.82) is 0 Å². The van der Waals surface area contributed by atoms with E-state index in [1.54, 1.807) is 0 Å². The summed E-state index contributed by atoms with van der Waals surface area (Å²) < 4.78 is 1.83. The maximum atomic E-state index is 9.23. The Labute approximate surface area is 131 Å². The van der Waals surface area contributed by atoms with Crippen LogP contribution in [0.5, 0.6) is 0 Å². The van der Waals surface area contributed by atoms with Crippen molar-refractivity contribution in [3.63, 3.8) is 0 Å². The number of aliphatic hydroxyl groups is 1. The molecule has 0 radical (unpaired) electrons. The number of likely N-dealkylation sites (N-methyl/N-ethyl adjacent to an activating group) is 1. The molecule has 1 N–H and O–H groups in total. The number of halogens is 1. The van der Waals surface area contributed by atoms with Gasteiger partial charge in [-0.3, -0.25) is 4.90 Å². The lowest BCUT2D eigenvalue weighted by molar-refractivity contribution is 0.154. The minimum atomic E-state index is 0.0953. The predicted octanol–water partition coefficient (Wildman–Crippen LogP) is 2.71. The van der Waals surface area contributed by atoms with Gasteiger partial charge < -0.3 is 5.11 Å². The van der Waals surface area contributed by atoms with Gasteiger partial charge in [0.05, 0.1) is 18.8 Å². The normalized spacial score (nSPS) is 12.9. The quantitative estimate of drug-likeness (QED) is 0.892. The van der Waals surface area contributed by atoms with Gasteiger partial charge in [0.15, 0.2) is 0 Å². The number of benzene rings is 1. The molecule has 0 bridgehead atoms. The third-order valence-electron chi connectivity index (χ3n) is 3.78. The van der Waals surface area contributed by atoms with Crippen LogP contribution >= 0.6 is 11.6 Å². The summed E-state index contributed by atoms with van der Waals surface area (Å²) >= 11 is 6.48. The molecule has 2 rings (SSSR count). The summed E-state index contributed by atoms with van der Waals surface area (Å²) in [5.74, 6) is 0. The summed E-state index contributed by atoms with van der Waals surface area (Å²) in [6.07, 6.45) is 0. The highest BCUT2D eigenvalue weighted by Crippen LogP contribution is 2.22. The van der Waals surface area contributed by atoms with Gasteiger partial charge in [-0.1, -0.05) is 41.9 Å². The van der Waals surface area contributed by atoms with Crippen molar-refractivity contribution in [2.45, 2.75) is 33.0 Å². The van der Waals surface area contributed by atoms with Crippen LogP contribution in [0, 0.1) is 6.92 Å². The maximum Gasteiger partial charge on any atom is 0.132 e. The van der Waals surface area contributed by atoms with Crippen LogP contribution in [0.2, 0.25) is 5.15 Å². The van der Waals surface area contributed by atoms with E-state index in [0.29, 0.717) is 18.2 Å². The molecule has 0 amide bonds. The van der Waals surface area contributed by atoms with Crippen molar-refractivity contribution in [1.82, 2.24) is 14.7 Å². The lowest BCUT2D eigenvalue weighted by Crippen LogP contribution is -2.31. The van der Waals surface area contributed by atoms with Crippen LogP contribution in [-0.4, -0.2) is 39.5 Å². The Balaban J connectivity index is 2.17. The first-order chi connectivity index (χ1) is 10.0. The molecule has 1 aromatic heterocycles. The van der Waals surface area contributed by atoms with E-state index >= 15 is 0 Å². The predicted molar refractivity (Wildman–Crippen MR) is 85.5 cm³/mol. The molecule has 1 aromatic carbocycles. The van der Waals surface area contributed by atoms with E-state index in [0.717, 1.165) is 11.3 Å². The van der Waals surface area contributed by atoms with E-state index in [1.165, 1.54) is 5.56 Å². The van der Waals surface area contributed by atoms with Gasteiger partial charge in [-0.15, -0.1) is 0 Å². The molecule has 0 saturated heterocycles. The zero-order valence-electron chi connectivity index (χ0n) is 12.8. The highest BCUT2D eigenvalue weighted by Gasteiger charge is 2.17. The molecular formula is C16H22ClN3O. The van der Waals surface area contributed by atoms with Gasteiger partial charge in [0.2, 0.25) is 0 Å². The Morgan fingerprint density at radius 2 is 2.00 bits per heavy atom. The summed E-state index contributed by atoms with van der Waals surface area (Å²) in [6, 6.07) is 10.2. The highest BCUT2D eigenvalue weighted by molar-refractivity contribution is 6.30. The minimum Gasteiger partial charge on any atom is -0.395 e.